The fourth-order valence-corrected chi connectivity index (χ4v) is 2.85. The summed E-state index contributed by atoms with van der Waals surface area (Å²) in [6, 6.07) is 9.43. The number of H-pyrrole nitrogens is 1. The van der Waals surface area contributed by atoms with Crippen LogP contribution in [0, 0.1) is 13.8 Å². The number of nitrogens with zero attached hydrogens (tertiary/aromatic N) is 2. The predicted octanol–water partition coefficient (Wildman–Crippen LogP) is 3.66. The average Bonchev–Trinajstić information content (AvgIpc) is 3.16. The summed E-state index contributed by atoms with van der Waals surface area (Å²) in [5.41, 5.74) is 2.90. The Morgan fingerprint density at radius 1 is 1.32 bits per heavy atom. The predicted molar refractivity (Wildman–Crippen MR) is 85.1 cm³/mol. The molecule has 0 bridgehead atoms. The quantitative estimate of drug-likeness (QED) is 0.575. The standard InChI is InChI=1S/C16H15N3O2S/c1-10-5-6-12(11(2)8-10)13(20)9-22-16-17-15(18-19-16)14-4-3-7-21-14/h3-8H,9H2,1-2H3,(H,17,18,19). The van der Waals surface area contributed by atoms with Crippen molar-refractivity contribution < 1.29 is 9.21 Å². The molecule has 3 aromatic rings. The Kier molecular flexibility index (Phi) is 4.11. The molecule has 5 nitrogen and oxygen atoms in total. The molecule has 0 fully saturated rings. The van der Waals surface area contributed by atoms with Crippen LogP contribution in [0.5, 0.6) is 0 Å². The molecule has 1 aromatic carbocycles. The highest BCUT2D eigenvalue weighted by atomic mass is 32.2. The third-order valence-corrected chi connectivity index (χ3v) is 4.08. The number of hydrogen-bond donors (Lipinski definition) is 1. The third-order valence-electron chi connectivity index (χ3n) is 3.23. The number of nitrogens with one attached hydrogen (secondary N) is 1. The fourth-order valence-electron chi connectivity index (χ4n) is 2.17. The van der Waals surface area contributed by atoms with Crippen molar-refractivity contribution in [2.45, 2.75) is 19.0 Å². The zero-order valence-corrected chi connectivity index (χ0v) is 13.1. The van der Waals surface area contributed by atoms with Crippen LogP contribution in [-0.4, -0.2) is 26.7 Å². The number of Topliss-reactive ketones (excluding diaryl/α,β-unsaturated/α-hetero) is 1. The van der Waals surface area contributed by atoms with Gasteiger partial charge in [0.1, 0.15) is 0 Å². The Balaban J connectivity index is 1.66. The molecule has 0 amide bonds. The van der Waals surface area contributed by atoms with Gasteiger partial charge in [-0.1, -0.05) is 35.5 Å². The number of rotatable bonds is 5. The molecule has 0 aliphatic carbocycles. The number of ketones is 1. The van der Waals surface area contributed by atoms with E-state index in [9.17, 15) is 4.79 Å². The van der Waals surface area contributed by atoms with Gasteiger partial charge in [-0.05, 0) is 31.5 Å². The molecule has 0 unspecified atom stereocenters. The fraction of sp³-hybridized carbons (Fsp3) is 0.188. The van der Waals surface area contributed by atoms with Crippen LogP contribution in [0.15, 0.2) is 46.2 Å². The largest absolute Gasteiger partial charge is 0.461 e. The second kappa shape index (κ2) is 6.19. The first-order valence-electron chi connectivity index (χ1n) is 6.83. The van der Waals surface area contributed by atoms with Crippen molar-refractivity contribution in [1.82, 2.24) is 15.2 Å². The molecular weight excluding hydrogens is 298 g/mol. The highest BCUT2D eigenvalue weighted by Gasteiger charge is 2.13. The van der Waals surface area contributed by atoms with Gasteiger partial charge < -0.3 is 4.42 Å². The van der Waals surface area contributed by atoms with Crippen LogP contribution in [0.4, 0.5) is 0 Å². The van der Waals surface area contributed by atoms with Crippen molar-refractivity contribution in [2.24, 2.45) is 0 Å². The third kappa shape index (κ3) is 3.12. The maximum Gasteiger partial charge on any atom is 0.209 e. The lowest BCUT2D eigenvalue weighted by molar-refractivity contribution is 0.102. The van der Waals surface area contributed by atoms with Gasteiger partial charge >= 0.3 is 0 Å². The van der Waals surface area contributed by atoms with Gasteiger partial charge in [0.2, 0.25) is 5.16 Å². The first-order valence-corrected chi connectivity index (χ1v) is 7.81. The van der Waals surface area contributed by atoms with Crippen molar-refractivity contribution in [3.63, 3.8) is 0 Å². The van der Waals surface area contributed by atoms with Gasteiger partial charge in [-0.25, -0.2) is 0 Å². The number of benzene rings is 1. The molecule has 22 heavy (non-hydrogen) atoms. The summed E-state index contributed by atoms with van der Waals surface area (Å²) in [4.78, 5) is 16.6. The number of hydrogen-bond acceptors (Lipinski definition) is 5. The summed E-state index contributed by atoms with van der Waals surface area (Å²) < 4.78 is 5.24. The van der Waals surface area contributed by atoms with Gasteiger partial charge in [-0.15, -0.1) is 5.10 Å². The molecule has 0 aliphatic heterocycles. The normalized spacial score (nSPS) is 10.8. The molecule has 0 radical (unpaired) electrons. The highest BCUT2D eigenvalue weighted by Crippen LogP contribution is 2.21. The second-order valence-corrected chi connectivity index (χ2v) is 5.92. The zero-order chi connectivity index (χ0) is 15.5. The lowest BCUT2D eigenvalue weighted by Crippen LogP contribution is -2.05. The van der Waals surface area contributed by atoms with Crippen LogP contribution in [0.2, 0.25) is 0 Å². The topological polar surface area (TPSA) is 71.8 Å². The molecule has 0 aliphatic rings. The first-order chi connectivity index (χ1) is 10.6. The van der Waals surface area contributed by atoms with Crippen LogP contribution in [-0.2, 0) is 0 Å². The lowest BCUT2D eigenvalue weighted by atomic mass is 10.0. The molecule has 112 valence electrons. The summed E-state index contributed by atoms with van der Waals surface area (Å²) in [6.45, 7) is 3.96. The number of thioether (sulfide) groups is 1. The van der Waals surface area contributed by atoms with Gasteiger partial charge in [0.05, 0.1) is 12.0 Å². The van der Waals surface area contributed by atoms with Crippen molar-refractivity contribution in [1.29, 1.82) is 0 Å². The van der Waals surface area contributed by atoms with Crippen molar-refractivity contribution in [3.05, 3.63) is 53.3 Å². The molecule has 3 rings (SSSR count). The van der Waals surface area contributed by atoms with Crippen LogP contribution < -0.4 is 0 Å². The van der Waals surface area contributed by atoms with Crippen LogP contribution >= 0.6 is 11.8 Å². The van der Waals surface area contributed by atoms with E-state index in [0.29, 0.717) is 22.5 Å². The van der Waals surface area contributed by atoms with Gasteiger partial charge in [0.15, 0.2) is 17.4 Å². The van der Waals surface area contributed by atoms with Gasteiger partial charge in [-0.3, -0.25) is 9.89 Å². The molecule has 2 heterocycles. The Morgan fingerprint density at radius 3 is 2.91 bits per heavy atom. The van der Waals surface area contributed by atoms with Crippen molar-refractivity contribution in [2.75, 3.05) is 5.75 Å². The number of furan rings is 1. The minimum absolute atomic E-state index is 0.0758. The highest BCUT2D eigenvalue weighted by molar-refractivity contribution is 7.99. The Hall–Kier alpha value is -2.34. The maximum atomic E-state index is 12.3. The lowest BCUT2D eigenvalue weighted by Gasteiger charge is -2.04. The van der Waals surface area contributed by atoms with E-state index in [1.807, 2.05) is 32.0 Å². The summed E-state index contributed by atoms with van der Waals surface area (Å²) in [5, 5.41) is 7.42. The molecule has 6 heteroatoms. The van der Waals surface area contributed by atoms with E-state index in [4.69, 9.17) is 4.42 Å². The average molecular weight is 313 g/mol. The van der Waals surface area contributed by atoms with Gasteiger partial charge in [0, 0.05) is 5.56 Å². The van der Waals surface area contributed by atoms with E-state index in [-0.39, 0.29) is 5.78 Å². The van der Waals surface area contributed by atoms with Crippen LogP contribution in [0.3, 0.4) is 0 Å². The second-order valence-electron chi connectivity index (χ2n) is 4.97. The monoisotopic (exact) mass is 313 g/mol. The molecule has 2 aromatic heterocycles. The van der Waals surface area contributed by atoms with Gasteiger partial charge in [0.25, 0.3) is 0 Å². The summed E-state index contributed by atoms with van der Waals surface area (Å²) in [6.07, 6.45) is 1.58. The SMILES string of the molecule is Cc1ccc(C(=O)CSc2n[nH]c(-c3ccco3)n2)c(C)c1. The van der Waals surface area contributed by atoms with E-state index >= 15 is 0 Å². The van der Waals surface area contributed by atoms with Crippen LogP contribution in [0.25, 0.3) is 11.6 Å². The summed E-state index contributed by atoms with van der Waals surface area (Å²) in [5.74, 6) is 1.57. The molecular formula is C16H15N3O2S. The van der Waals surface area contributed by atoms with E-state index in [0.717, 1.165) is 16.7 Å². The molecule has 0 saturated carbocycles. The number of carbonyl (C=O) groups is 1. The Labute approximate surface area is 132 Å². The molecule has 1 N–H and O–H groups in total. The van der Waals surface area contributed by atoms with E-state index in [1.54, 1.807) is 18.4 Å². The van der Waals surface area contributed by atoms with Crippen molar-refractivity contribution >= 4 is 17.5 Å². The number of aromatic amines is 1. The molecule has 0 spiro atoms. The molecule has 0 saturated heterocycles. The van der Waals surface area contributed by atoms with Crippen LogP contribution in [0.1, 0.15) is 21.5 Å². The minimum atomic E-state index is 0.0758. The van der Waals surface area contributed by atoms with E-state index in [2.05, 4.69) is 15.2 Å². The van der Waals surface area contributed by atoms with E-state index < -0.39 is 0 Å². The van der Waals surface area contributed by atoms with E-state index in [1.165, 1.54) is 11.8 Å². The zero-order valence-electron chi connectivity index (χ0n) is 12.3. The number of carbonyl (C=O) groups excluding carboxylic acids is 1. The number of aromatic nitrogens is 3. The smallest absolute Gasteiger partial charge is 0.209 e. The Bertz CT molecular complexity index is 794. The first kappa shape index (κ1) is 14.6. The minimum Gasteiger partial charge on any atom is -0.461 e. The Morgan fingerprint density at radius 2 is 2.18 bits per heavy atom. The number of aryl methyl sites for hydroxylation is 2. The van der Waals surface area contributed by atoms with Crippen molar-refractivity contribution in [3.8, 4) is 11.6 Å². The summed E-state index contributed by atoms with van der Waals surface area (Å²) in [7, 11) is 0. The molecule has 0 atom stereocenters. The summed E-state index contributed by atoms with van der Waals surface area (Å²) >= 11 is 1.31. The maximum absolute atomic E-state index is 12.3. The van der Waals surface area contributed by atoms with Gasteiger partial charge in [-0.2, -0.15) is 4.98 Å².